The minimum atomic E-state index is -0.712. The van der Waals surface area contributed by atoms with E-state index in [1.165, 1.54) is 20.3 Å². The largest absolute Gasteiger partial charge is 0.496 e. The van der Waals surface area contributed by atoms with Gasteiger partial charge in [-0.2, -0.15) is 0 Å². The number of hydrogen-bond donors (Lipinski definition) is 1. The van der Waals surface area contributed by atoms with Gasteiger partial charge in [-0.25, -0.2) is 0 Å². The van der Waals surface area contributed by atoms with Crippen molar-refractivity contribution in [3.05, 3.63) is 28.8 Å². The zero-order chi connectivity index (χ0) is 13.3. The fourth-order valence-electron chi connectivity index (χ4n) is 1.92. The highest BCUT2D eigenvalue weighted by Gasteiger charge is 2.31. The van der Waals surface area contributed by atoms with Crippen LogP contribution < -0.4 is 9.47 Å². The van der Waals surface area contributed by atoms with Crippen molar-refractivity contribution >= 4 is 17.6 Å². The van der Waals surface area contributed by atoms with Crippen molar-refractivity contribution in [1.29, 1.82) is 0 Å². The number of Topliss-reactive ketones (excluding diaryl/α,β-unsaturated/α-hetero) is 2. The van der Waals surface area contributed by atoms with Crippen LogP contribution in [0.3, 0.4) is 0 Å². The molecule has 1 N–H and O–H groups in total. The molecule has 0 aliphatic heterocycles. The van der Waals surface area contributed by atoms with E-state index >= 15 is 0 Å². The molecule has 0 radical (unpaired) electrons. The number of aliphatic hydroxyl groups is 1. The lowest BCUT2D eigenvalue weighted by atomic mass is 9.89. The first-order valence-corrected chi connectivity index (χ1v) is 5.29. The second-order valence-electron chi connectivity index (χ2n) is 3.74. The smallest absolute Gasteiger partial charge is 0.237 e. The van der Waals surface area contributed by atoms with E-state index < -0.39 is 18.2 Å². The first kappa shape index (κ1) is 12.3. The maximum atomic E-state index is 12.0. The molecule has 2 rings (SSSR count). The van der Waals surface area contributed by atoms with Crippen LogP contribution in [0.1, 0.15) is 15.9 Å². The van der Waals surface area contributed by atoms with E-state index in [-0.39, 0.29) is 11.1 Å². The van der Waals surface area contributed by atoms with E-state index in [1.54, 1.807) is 12.1 Å². The quantitative estimate of drug-likeness (QED) is 0.802. The fraction of sp³-hybridized carbons (Fsp3) is 0.231. The Balaban J connectivity index is 2.76. The predicted octanol–water partition coefficient (Wildman–Crippen LogP) is 0.845. The van der Waals surface area contributed by atoms with E-state index in [0.29, 0.717) is 17.1 Å². The predicted molar refractivity (Wildman–Crippen MR) is 63.9 cm³/mol. The Morgan fingerprint density at radius 3 is 2.22 bits per heavy atom. The minimum Gasteiger partial charge on any atom is -0.496 e. The molecule has 0 saturated carbocycles. The topological polar surface area (TPSA) is 72.8 Å². The number of rotatable bonds is 3. The third-order valence-corrected chi connectivity index (χ3v) is 2.82. The monoisotopic (exact) mass is 248 g/mol. The number of ketones is 2. The van der Waals surface area contributed by atoms with Crippen molar-refractivity contribution < 1.29 is 24.2 Å². The van der Waals surface area contributed by atoms with Gasteiger partial charge in [0.05, 0.1) is 26.4 Å². The third kappa shape index (κ3) is 1.69. The summed E-state index contributed by atoms with van der Waals surface area (Å²) in [4.78, 5) is 23.7. The summed E-state index contributed by atoms with van der Waals surface area (Å²) < 4.78 is 10.2. The molecule has 0 unspecified atom stereocenters. The number of benzene rings is 1. The van der Waals surface area contributed by atoms with Gasteiger partial charge in [-0.1, -0.05) is 0 Å². The Kier molecular flexibility index (Phi) is 3.16. The number of carbonyl (C=O) groups is 2. The molecule has 18 heavy (non-hydrogen) atoms. The third-order valence-electron chi connectivity index (χ3n) is 2.82. The van der Waals surface area contributed by atoms with E-state index in [4.69, 9.17) is 14.6 Å². The minimum absolute atomic E-state index is 0.0547. The van der Waals surface area contributed by atoms with Crippen LogP contribution in [0.25, 0.3) is 6.08 Å². The molecule has 5 heteroatoms. The molecule has 1 aromatic rings. The summed E-state index contributed by atoms with van der Waals surface area (Å²) in [7, 11) is 2.89. The highest BCUT2D eigenvalue weighted by molar-refractivity contribution is 6.52. The van der Waals surface area contributed by atoms with Gasteiger partial charge in [-0.3, -0.25) is 9.59 Å². The van der Waals surface area contributed by atoms with Crippen LogP contribution in [0.2, 0.25) is 0 Å². The van der Waals surface area contributed by atoms with Crippen LogP contribution in [-0.2, 0) is 4.79 Å². The summed E-state index contributed by atoms with van der Waals surface area (Å²) in [6.07, 6.45) is 1.46. The van der Waals surface area contributed by atoms with Crippen LogP contribution in [0.4, 0.5) is 0 Å². The van der Waals surface area contributed by atoms with E-state index in [2.05, 4.69) is 0 Å². The van der Waals surface area contributed by atoms with Crippen molar-refractivity contribution in [3.8, 4) is 11.5 Å². The number of ether oxygens (including phenoxy) is 2. The summed E-state index contributed by atoms with van der Waals surface area (Å²) in [5, 5.41) is 9.08. The Labute approximate surface area is 104 Å². The molecule has 0 aromatic heterocycles. The SMILES string of the molecule is COc1ccc(OC)c2c1C=C(CO)C(=O)C2=O. The molecule has 5 nitrogen and oxygen atoms in total. The van der Waals surface area contributed by atoms with Gasteiger partial charge in [0.15, 0.2) is 0 Å². The average molecular weight is 248 g/mol. The first-order chi connectivity index (χ1) is 8.63. The van der Waals surface area contributed by atoms with E-state index in [9.17, 15) is 9.59 Å². The molecular weight excluding hydrogens is 236 g/mol. The summed E-state index contributed by atoms with van der Waals surface area (Å²) in [5.74, 6) is -0.626. The van der Waals surface area contributed by atoms with Gasteiger partial charge < -0.3 is 14.6 Å². The first-order valence-electron chi connectivity index (χ1n) is 5.29. The van der Waals surface area contributed by atoms with Gasteiger partial charge in [-0.15, -0.1) is 0 Å². The molecule has 0 fully saturated rings. The van der Waals surface area contributed by atoms with E-state index in [1.807, 2.05) is 0 Å². The molecule has 1 aromatic carbocycles. The zero-order valence-electron chi connectivity index (χ0n) is 10.0. The molecule has 0 spiro atoms. The summed E-state index contributed by atoms with van der Waals surface area (Å²) in [6.45, 7) is -0.482. The molecule has 1 aliphatic carbocycles. The highest BCUT2D eigenvalue weighted by atomic mass is 16.5. The molecule has 0 heterocycles. The molecule has 1 aliphatic rings. The lowest BCUT2D eigenvalue weighted by Gasteiger charge is -2.18. The van der Waals surface area contributed by atoms with Gasteiger partial charge >= 0.3 is 0 Å². The lowest BCUT2D eigenvalue weighted by Crippen LogP contribution is -2.24. The van der Waals surface area contributed by atoms with Crippen LogP contribution in [0.5, 0.6) is 11.5 Å². The average Bonchev–Trinajstić information content (AvgIpc) is 2.41. The number of methoxy groups -OCH3 is 2. The van der Waals surface area contributed by atoms with Crippen LogP contribution in [0, 0.1) is 0 Å². The van der Waals surface area contributed by atoms with Crippen LogP contribution in [0.15, 0.2) is 17.7 Å². The van der Waals surface area contributed by atoms with Gasteiger partial charge in [-0.05, 0) is 18.2 Å². The fourth-order valence-corrected chi connectivity index (χ4v) is 1.92. The molecule has 94 valence electrons. The number of carbonyl (C=O) groups excluding carboxylic acids is 2. The normalized spacial score (nSPS) is 14.1. The Hall–Kier alpha value is -2.14. The number of aliphatic hydroxyl groups excluding tert-OH is 1. The summed E-state index contributed by atoms with van der Waals surface area (Å²) >= 11 is 0. The van der Waals surface area contributed by atoms with Crippen molar-refractivity contribution in [2.24, 2.45) is 0 Å². The standard InChI is InChI=1S/C13H12O5/c1-17-9-3-4-10(18-2)11-8(9)5-7(6-14)12(15)13(11)16/h3-5,14H,6H2,1-2H3. The zero-order valence-corrected chi connectivity index (χ0v) is 10.0. The van der Waals surface area contributed by atoms with E-state index in [0.717, 1.165) is 0 Å². The molecular formula is C13H12O5. The van der Waals surface area contributed by atoms with Crippen molar-refractivity contribution in [2.75, 3.05) is 20.8 Å². The maximum Gasteiger partial charge on any atom is 0.237 e. The van der Waals surface area contributed by atoms with Gasteiger partial charge in [0.1, 0.15) is 11.5 Å². The van der Waals surface area contributed by atoms with Crippen molar-refractivity contribution in [1.82, 2.24) is 0 Å². The summed E-state index contributed by atoms with van der Waals surface area (Å²) in [5.41, 5.74) is 0.698. The van der Waals surface area contributed by atoms with Crippen LogP contribution >= 0.6 is 0 Å². The maximum absolute atomic E-state index is 12.0. The van der Waals surface area contributed by atoms with Gasteiger partial charge in [0.2, 0.25) is 11.6 Å². The Morgan fingerprint density at radius 1 is 1.06 bits per heavy atom. The Bertz CT molecular complexity index is 557. The van der Waals surface area contributed by atoms with Crippen LogP contribution in [-0.4, -0.2) is 37.5 Å². The second-order valence-corrected chi connectivity index (χ2v) is 3.74. The lowest BCUT2D eigenvalue weighted by molar-refractivity contribution is -0.112. The number of hydrogen-bond acceptors (Lipinski definition) is 5. The Morgan fingerprint density at radius 2 is 1.67 bits per heavy atom. The van der Waals surface area contributed by atoms with Crippen molar-refractivity contribution in [2.45, 2.75) is 0 Å². The number of fused-ring (bicyclic) bond motifs is 1. The van der Waals surface area contributed by atoms with Gasteiger partial charge in [0.25, 0.3) is 0 Å². The molecule has 0 saturated heterocycles. The molecule has 0 atom stereocenters. The summed E-state index contributed by atoms with van der Waals surface area (Å²) in [6, 6.07) is 3.22. The van der Waals surface area contributed by atoms with Gasteiger partial charge in [0, 0.05) is 11.1 Å². The van der Waals surface area contributed by atoms with Crippen molar-refractivity contribution in [3.63, 3.8) is 0 Å². The molecule has 0 amide bonds. The highest BCUT2D eigenvalue weighted by Crippen LogP contribution is 2.35. The second kappa shape index (κ2) is 4.62. The molecule has 0 bridgehead atoms.